The summed E-state index contributed by atoms with van der Waals surface area (Å²) in [5, 5.41) is 2.98. The van der Waals surface area contributed by atoms with Crippen molar-refractivity contribution in [1.82, 2.24) is 10.2 Å². The van der Waals surface area contributed by atoms with E-state index >= 15 is 0 Å². The Morgan fingerprint density at radius 1 is 1.22 bits per heavy atom. The van der Waals surface area contributed by atoms with E-state index in [1.807, 2.05) is 49.1 Å². The van der Waals surface area contributed by atoms with Crippen LogP contribution in [0.2, 0.25) is 0 Å². The van der Waals surface area contributed by atoms with Gasteiger partial charge in [-0.2, -0.15) is 0 Å². The Morgan fingerprint density at radius 2 is 1.78 bits per heavy atom. The lowest BCUT2D eigenvalue weighted by atomic mass is 9.94. The van der Waals surface area contributed by atoms with Crippen molar-refractivity contribution in [3.63, 3.8) is 0 Å². The third-order valence-corrected chi connectivity index (χ3v) is 4.15. The zero-order chi connectivity index (χ0) is 16.2. The highest BCUT2D eigenvalue weighted by molar-refractivity contribution is 5.94. The quantitative estimate of drug-likeness (QED) is 0.878. The average Bonchev–Trinajstić information content (AvgIpc) is 2.55. The van der Waals surface area contributed by atoms with Crippen molar-refractivity contribution in [3.05, 3.63) is 35.9 Å². The summed E-state index contributed by atoms with van der Waals surface area (Å²) in [6, 6.07) is 9.27. The Labute approximate surface area is 144 Å². The second-order valence-electron chi connectivity index (χ2n) is 6.51. The van der Waals surface area contributed by atoms with Gasteiger partial charge >= 0.3 is 0 Å². The number of nitrogens with two attached hydrogens (primary N) is 1. The number of halogens is 1. The van der Waals surface area contributed by atoms with Gasteiger partial charge in [0.05, 0.1) is 0 Å². The van der Waals surface area contributed by atoms with Crippen LogP contribution >= 0.6 is 12.4 Å². The molecule has 1 heterocycles. The van der Waals surface area contributed by atoms with Gasteiger partial charge in [-0.25, -0.2) is 0 Å². The van der Waals surface area contributed by atoms with Crippen LogP contribution in [0.3, 0.4) is 0 Å². The molecule has 1 aliphatic heterocycles. The topological polar surface area (TPSA) is 75.4 Å². The molecule has 0 unspecified atom stereocenters. The van der Waals surface area contributed by atoms with Crippen molar-refractivity contribution in [2.75, 3.05) is 19.6 Å². The number of benzene rings is 1. The third-order valence-electron chi connectivity index (χ3n) is 4.15. The van der Waals surface area contributed by atoms with Gasteiger partial charge in [0.1, 0.15) is 0 Å². The molecule has 0 spiro atoms. The molecule has 0 saturated carbocycles. The summed E-state index contributed by atoms with van der Waals surface area (Å²) < 4.78 is 0. The van der Waals surface area contributed by atoms with Crippen LogP contribution in [0.25, 0.3) is 0 Å². The number of piperidine rings is 1. The fourth-order valence-electron chi connectivity index (χ4n) is 2.59. The first kappa shape index (κ1) is 19.5. The maximum Gasteiger partial charge on any atom is 0.253 e. The van der Waals surface area contributed by atoms with Crippen molar-refractivity contribution >= 4 is 24.2 Å². The van der Waals surface area contributed by atoms with Gasteiger partial charge < -0.3 is 16.0 Å². The molecule has 0 radical (unpaired) electrons. The SMILES string of the molecule is CC(C)(CN)NC(=O)C1CCN(C(=O)c2ccccc2)CC1.Cl. The van der Waals surface area contributed by atoms with Crippen molar-refractivity contribution in [1.29, 1.82) is 0 Å². The first-order chi connectivity index (χ1) is 10.4. The molecule has 1 aliphatic rings. The normalized spacial score (nSPS) is 15.7. The van der Waals surface area contributed by atoms with Gasteiger partial charge in [0.25, 0.3) is 5.91 Å². The summed E-state index contributed by atoms with van der Waals surface area (Å²) in [5.74, 6) is 0.0506. The number of rotatable bonds is 4. The lowest BCUT2D eigenvalue weighted by molar-refractivity contribution is -0.127. The minimum Gasteiger partial charge on any atom is -0.350 e. The van der Waals surface area contributed by atoms with Gasteiger partial charge in [-0.05, 0) is 38.8 Å². The average molecular weight is 340 g/mol. The molecule has 1 aromatic carbocycles. The molecule has 3 N–H and O–H groups in total. The molecule has 23 heavy (non-hydrogen) atoms. The van der Waals surface area contributed by atoms with E-state index in [2.05, 4.69) is 5.32 Å². The second-order valence-corrected chi connectivity index (χ2v) is 6.51. The number of carbonyl (C=O) groups excluding carboxylic acids is 2. The monoisotopic (exact) mass is 339 g/mol. The Hall–Kier alpha value is -1.59. The Balaban J connectivity index is 0.00000264. The number of hydrogen-bond acceptors (Lipinski definition) is 3. The number of amides is 2. The molecule has 0 atom stereocenters. The van der Waals surface area contributed by atoms with Crippen molar-refractivity contribution < 1.29 is 9.59 Å². The molecular formula is C17H26ClN3O2. The number of nitrogens with one attached hydrogen (secondary N) is 1. The Kier molecular flexibility index (Phi) is 7.03. The fraction of sp³-hybridized carbons (Fsp3) is 0.529. The molecule has 5 nitrogen and oxygen atoms in total. The second kappa shape index (κ2) is 8.31. The number of likely N-dealkylation sites (tertiary alicyclic amines) is 1. The minimum absolute atomic E-state index is 0. The maximum atomic E-state index is 12.4. The predicted octanol–water partition coefficient (Wildman–Crippen LogP) is 1.81. The highest BCUT2D eigenvalue weighted by Gasteiger charge is 2.30. The van der Waals surface area contributed by atoms with Crippen molar-refractivity contribution in [2.24, 2.45) is 11.7 Å². The van der Waals surface area contributed by atoms with E-state index in [0.717, 1.165) is 0 Å². The molecule has 1 aromatic rings. The lowest BCUT2D eigenvalue weighted by Crippen LogP contribution is -2.52. The van der Waals surface area contributed by atoms with Crippen LogP contribution in [0.4, 0.5) is 0 Å². The number of nitrogens with zero attached hydrogens (tertiary/aromatic N) is 1. The zero-order valence-corrected chi connectivity index (χ0v) is 14.6. The highest BCUT2D eigenvalue weighted by Crippen LogP contribution is 2.20. The van der Waals surface area contributed by atoms with Crippen LogP contribution in [0, 0.1) is 5.92 Å². The summed E-state index contributed by atoms with van der Waals surface area (Å²) in [6.45, 7) is 5.48. The summed E-state index contributed by atoms with van der Waals surface area (Å²) in [5.41, 5.74) is 5.97. The standard InChI is InChI=1S/C17H25N3O2.ClH/c1-17(2,12-18)19-15(21)13-8-10-20(11-9-13)16(22)14-6-4-3-5-7-14;/h3-7,13H,8-12,18H2,1-2H3,(H,19,21);1H. The lowest BCUT2D eigenvalue weighted by Gasteiger charge is -2.33. The summed E-state index contributed by atoms with van der Waals surface area (Å²) >= 11 is 0. The van der Waals surface area contributed by atoms with Crippen LogP contribution in [0.15, 0.2) is 30.3 Å². The van der Waals surface area contributed by atoms with Crippen molar-refractivity contribution in [3.8, 4) is 0 Å². The van der Waals surface area contributed by atoms with E-state index in [9.17, 15) is 9.59 Å². The minimum atomic E-state index is -0.381. The first-order valence-corrected chi connectivity index (χ1v) is 7.79. The van der Waals surface area contributed by atoms with Crippen LogP contribution < -0.4 is 11.1 Å². The molecule has 128 valence electrons. The van der Waals surface area contributed by atoms with E-state index in [4.69, 9.17) is 5.73 Å². The molecular weight excluding hydrogens is 314 g/mol. The van der Waals surface area contributed by atoms with E-state index in [0.29, 0.717) is 38.0 Å². The third kappa shape index (κ3) is 5.22. The molecule has 2 rings (SSSR count). The Bertz CT molecular complexity index is 526. The maximum absolute atomic E-state index is 12.4. The molecule has 0 aliphatic carbocycles. The molecule has 6 heteroatoms. The Morgan fingerprint density at radius 3 is 2.30 bits per heavy atom. The molecule has 1 fully saturated rings. The highest BCUT2D eigenvalue weighted by atomic mass is 35.5. The predicted molar refractivity (Wildman–Crippen MR) is 93.6 cm³/mol. The molecule has 0 bridgehead atoms. The van der Waals surface area contributed by atoms with Gasteiger partial charge in [0.2, 0.25) is 5.91 Å². The fourth-order valence-corrected chi connectivity index (χ4v) is 2.59. The number of carbonyl (C=O) groups is 2. The van der Waals surface area contributed by atoms with Crippen molar-refractivity contribution in [2.45, 2.75) is 32.2 Å². The summed E-state index contributed by atoms with van der Waals surface area (Å²) in [6.07, 6.45) is 1.40. The van der Waals surface area contributed by atoms with Gasteiger partial charge in [-0.15, -0.1) is 12.4 Å². The van der Waals surface area contributed by atoms with E-state index in [1.165, 1.54) is 0 Å². The van der Waals surface area contributed by atoms with Crippen LogP contribution in [0.5, 0.6) is 0 Å². The van der Waals surface area contributed by atoms with E-state index in [1.54, 1.807) is 0 Å². The molecule has 2 amide bonds. The summed E-state index contributed by atoms with van der Waals surface area (Å²) in [4.78, 5) is 26.4. The summed E-state index contributed by atoms with van der Waals surface area (Å²) in [7, 11) is 0. The van der Waals surface area contributed by atoms with Gasteiger partial charge in [0.15, 0.2) is 0 Å². The largest absolute Gasteiger partial charge is 0.350 e. The van der Waals surface area contributed by atoms with Gasteiger partial charge in [-0.1, -0.05) is 18.2 Å². The van der Waals surface area contributed by atoms with E-state index in [-0.39, 0.29) is 35.7 Å². The molecule has 0 aromatic heterocycles. The van der Waals surface area contributed by atoms with E-state index < -0.39 is 0 Å². The van der Waals surface area contributed by atoms with Crippen LogP contribution in [-0.2, 0) is 4.79 Å². The van der Waals surface area contributed by atoms with Gasteiger partial charge in [-0.3, -0.25) is 9.59 Å². The smallest absolute Gasteiger partial charge is 0.253 e. The zero-order valence-electron chi connectivity index (χ0n) is 13.7. The number of hydrogen-bond donors (Lipinski definition) is 2. The first-order valence-electron chi connectivity index (χ1n) is 7.79. The van der Waals surface area contributed by atoms with Gasteiger partial charge in [0, 0.05) is 36.7 Å². The van der Waals surface area contributed by atoms with Crippen LogP contribution in [-0.4, -0.2) is 41.9 Å². The molecule has 1 saturated heterocycles. The van der Waals surface area contributed by atoms with Crippen LogP contribution in [0.1, 0.15) is 37.0 Å².